The van der Waals surface area contributed by atoms with Crippen molar-refractivity contribution in [3.63, 3.8) is 0 Å². The molecule has 0 spiro atoms. The Morgan fingerprint density at radius 2 is 1.78 bits per heavy atom. The van der Waals surface area contributed by atoms with Crippen LogP contribution in [-0.4, -0.2) is 0 Å². The maximum atomic E-state index is 3.83. The van der Waals surface area contributed by atoms with Gasteiger partial charge in [-0.3, -0.25) is 0 Å². The standard InChI is InChI=1S/C8H8Br/c1-7(9)8-5-3-2-4-6-8/h2-7H,1H2. The molecule has 1 heteroatoms. The number of hydrogen-bond donors (Lipinski definition) is 0. The van der Waals surface area contributed by atoms with Crippen molar-refractivity contribution in [3.8, 4) is 0 Å². The lowest BCUT2D eigenvalue weighted by Crippen LogP contribution is -1.79. The summed E-state index contributed by atoms with van der Waals surface area (Å²) in [6.45, 7) is 3.83. The second kappa shape index (κ2) is 3.02. The smallest absolute Gasteiger partial charge is 0.0395 e. The first kappa shape index (κ1) is 6.81. The van der Waals surface area contributed by atoms with Gasteiger partial charge in [0.25, 0.3) is 0 Å². The van der Waals surface area contributed by atoms with Gasteiger partial charge in [-0.15, -0.1) is 0 Å². The molecule has 9 heavy (non-hydrogen) atoms. The van der Waals surface area contributed by atoms with Gasteiger partial charge in [-0.2, -0.15) is 0 Å². The first-order valence-corrected chi connectivity index (χ1v) is 3.74. The van der Waals surface area contributed by atoms with E-state index < -0.39 is 0 Å². The van der Waals surface area contributed by atoms with Crippen molar-refractivity contribution in [1.82, 2.24) is 0 Å². The van der Waals surface area contributed by atoms with E-state index in [1.807, 2.05) is 30.3 Å². The Hall–Kier alpha value is -0.300. The molecule has 1 atom stereocenters. The van der Waals surface area contributed by atoms with Crippen LogP contribution in [0.15, 0.2) is 30.3 Å². The molecule has 0 fully saturated rings. The summed E-state index contributed by atoms with van der Waals surface area (Å²) in [6.07, 6.45) is 0. The molecule has 47 valence electrons. The zero-order valence-corrected chi connectivity index (χ0v) is 6.64. The minimum absolute atomic E-state index is 0.221. The number of hydrogen-bond acceptors (Lipinski definition) is 0. The molecule has 1 aromatic carbocycles. The van der Waals surface area contributed by atoms with Gasteiger partial charge in [0.05, 0.1) is 0 Å². The van der Waals surface area contributed by atoms with Crippen LogP contribution in [0.1, 0.15) is 10.4 Å². The molecule has 0 N–H and O–H groups in total. The average molecular weight is 184 g/mol. The van der Waals surface area contributed by atoms with Crippen molar-refractivity contribution in [1.29, 1.82) is 0 Å². The van der Waals surface area contributed by atoms with E-state index in [2.05, 4.69) is 22.9 Å². The van der Waals surface area contributed by atoms with Crippen molar-refractivity contribution >= 4 is 15.9 Å². The number of alkyl halides is 1. The fraction of sp³-hybridized carbons (Fsp3) is 0.125. The lowest BCUT2D eigenvalue weighted by atomic mass is 10.2. The number of halogens is 1. The Morgan fingerprint density at radius 1 is 1.22 bits per heavy atom. The highest BCUT2D eigenvalue weighted by Gasteiger charge is 1.95. The Kier molecular flexibility index (Phi) is 2.29. The van der Waals surface area contributed by atoms with Crippen molar-refractivity contribution in [3.05, 3.63) is 42.8 Å². The Morgan fingerprint density at radius 3 is 2.11 bits per heavy atom. The zero-order chi connectivity index (χ0) is 6.69. The van der Waals surface area contributed by atoms with Crippen LogP contribution in [0.2, 0.25) is 0 Å². The van der Waals surface area contributed by atoms with Crippen LogP contribution in [0.5, 0.6) is 0 Å². The van der Waals surface area contributed by atoms with Gasteiger partial charge < -0.3 is 0 Å². The summed E-state index contributed by atoms with van der Waals surface area (Å²) in [4.78, 5) is 0.221. The molecular formula is C8H8Br. The fourth-order valence-corrected chi connectivity index (χ4v) is 0.967. The molecule has 0 saturated heterocycles. The van der Waals surface area contributed by atoms with E-state index in [1.165, 1.54) is 5.56 Å². The SMILES string of the molecule is [CH2]C(Br)c1ccccc1. The summed E-state index contributed by atoms with van der Waals surface area (Å²) in [7, 11) is 0. The molecule has 0 aromatic heterocycles. The van der Waals surface area contributed by atoms with Crippen molar-refractivity contribution < 1.29 is 0 Å². The highest BCUT2D eigenvalue weighted by Crippen LogP contribution is 2.19. The Bertz CT molecular complexity index is 167. The van der Waals surface area contributed by atoms with Crippen molar-refractivity contribution in [2.45, 2.75) is 4.83 Å². The first-order chi connectivity index (χ1) is 4.30. The summed E-state index contributed by atoms with van der Waals surface area (Å²) in [5, 5.41) is 0. The molecule has 0 nitrogen and oxygen atoms in total. The molecule has 0 aliphatic carbocycles. The van der Waals surface area contributed by atoms with Crippen LogP contribution in [0.3, 0.4) is 0 Å². The highest BCUT2D eigenvalue weighted by atomic mass is 79.9. The van der Waals surface area contributed by atoms with Gasteiger partial charge in [-0.25, -0.2) is 0 Å². The quantitative estimate of drug-likeness (QED) is 0.588. The minimum Gasteiger partial charge on any atom is -0.0839 e. The van der Waals surface area contributed by atoms with Gasteiger partial charge in [0.2, 0.25) is 0 Å². The molecule has 0 amide bonds. The molecule has 0 saturated carbocycles. The lowest BCUT2D eigenvalue weighted by Gasteiger charge is -1.99. The maximum absolute atomic E-state index is 3.83. The van der Waals surface area contributed by atoms with Crippen LogP contribution in [-0.2, 0) is 0 Å². The van der Waals surface area contributed by atoms with Gasteiger partial charge >= 0.3 is 0 Å². The minimum atomic E-state index is 0.221. The first-order valence-electron chi connectivity index (χ1n) is 2.83. The monoisotopic (exact) mass is 183 g/mol. The Labute approximate surface area is 64.0 Å². The topological polar surface area (TPSA) is 0 Å². The third-order valence-electron chi connectivity index (χ3n) is 1.16. The molecule has 0 bridgehead atoms. The van der Waals surface area contributed by atoms with Crippen molar-refractivity contribution in [2.24, 2.45) is 0 Å². The van der Waals surface area contributed by atoms with Gasteiger partial charge in [0.1, 0.15) is 0 Å². The summed E-state index contributed by atoms with van der Waals surface area (Å²) in [5.41, 5.74) is 1.22. The molecule has 1 aromatic rings. The van der Waals surface area contributed by atoms with Gasteiger partial charge in [-0.1, -0.05) is 46.3 Å². The van der Waals surface area contributed by atoms with Crippen LogP contribution in [0.4, 0.5) is 0 Å². The van der Waals surface area contributed by atoms with Crippen LogP contribution in [0.25, 0.3) is 0 Å². The van der Waals surface area contributed by atoms with Crippen LogP contribution in [0, 0.1) is 6.92 Å². The summed E-state index contributed by atoms with van der Waals surface area (Å²) in [6, 6.07) is 10.1. The van der Waals surface area contributed by atoms with E-state index >= 15 is 0 Å². The second-order valence-electron chi connectivity index (χ2n) is 1.88. The fourth-order valence-electron chi connectivity index (χ4n) is 0.662. The molecule has 1 radical (unpaired) electrons. The van der Waals surface area contributed by atoms with Crippen LogP contribution < -0.4 is 0 Å². The van der Waals surface area contributed by atoms with Crippen LogP contribution >= 0.6 is 15.9 Å². The molecule has 0 heterocycles. The van der Waals surface area contributed by atoms with Gasteiger partial charge in [0.15, 0.2) is 0 Å². The highest BCUT2D eigenvalue weighted by molar-refractivity contribution is 9.09. The van der Waals surface area contributed by atoms with E-state index in [9.17, 15) is 0 Å². The largest absolute Gasteiger partial charge is 0.0839 e. The molecule has 0 aliphatic rings. The van der Waals surface area contributed by atoms with E-state index in [4.69, 9.17) is 0 Å². The summed E-state index contributed by atoms with van der Waals surface area (Å²) in [5.74, 6) is 0. The van der Waals surface area contributed by atoms with E-state index in [1.54, 1.807) is 0 Å². The molecule has 0 aliphatic heterocycles. The second-order valence-corrected chi connectivity index (χ2v) is 2.98. The maximum Gasteiger partial charge on any atom is 0.0395 e. The van der Waals surface area contributed by atoms with E-state index in [-0.39, 0.29) is 4.83 Å². The van der Waals surface area contributed by atoms with E-state index in [0.717, 1.165) is 0 Å². The Balaban J connectivity index is 2.85. The third-order valence-corrected chi connectivity index (χ3v) is 1.69. The summed E-state index contributed by atoms with van der Waals surface area (Å²) < 4.78 is 0. The van der Waals surface area contributed by atoms with Gasteiger partial charge in [0, 0.05) is 4.83 Å². The number of rotatable bonds is 1. The van der Waals surface area contributed by atoms with E-state index in [0.29, 0.717) is 0 Å². The predicted molar refractivity (Wildman–Crippen MR) is 43.5 cm³/mol. The number of benzene rings is 1. The molecule has 1 unspecified atom stereocenters. The average Bonchev–Trinajstić information content (AvgIpc) is 1.90. The molecular weight excluding hydrogens is 176 g/mol. The zero-order valence-electron chi connectivity index (χ0n) is 5.05. The van der Waals surface area contributed by atoms with Gasteiger partial charge in [-0.05, 0) is 12.5 Å². The van der Waals surface area contributed by atoms with Crippen molar-refractivity contribution in [2.75, 3.05) is 0 Å². The predicted octanol–water partition coefficient (Wildman–Crippen LogP) is 2.96. The normalized spacial score (nSPS) is 13.1. The lowest BCUT2D eigenvalue weighted by molar-refractivity contribution is 1.26. The molecule has 1 rings (SSSR count). The summed E-state index contributed by atoms with van der Waals surface area (Å²) >= 11 is 3.37. The third kappa shape index (κ3) is 1.83.